The van der Waals surface area contributed by atoms with E-state index >= 15 is 0 Å². The van der Waals surface area contributed by atoms with E-state index in [9.17, 15) is 4.79 Å². The zero-order valence-corrected chi connectivity index (χ0v) is 7.56. The van der Waals surface area contributed by atoms with Gasteiger partial charge in [0, 0.05) is 17.1 Å². The van der Waals surface area contributed by atoms with Crippen LogP contribution in [0.25, 0.3) is 0 Å². The maximum absolute atomic E-state index is 10.3. The third kappa shape index (κ3) is 1.39. The SMILES string of the molecule is O=CCc1ccc2c(c1)CCS2. The number of fused-ring (bicyclic) bond motifs is 1. The molecular formula is C10H10OS. The molecule has 0 bridgehead atoms. The van der Waals surface area contributed by atoms with Crippen molar-refractivity contribution in [3.63, 3.8) is 0 Å². The lowest BCUT2D eigenvalue weighted by molar-refractivity contribution is -0.107. The van der Waals surface area contributed by atoms with Crippen LogP contribution in [-0.2, 0) is 17.6 Å². The lowest BCUT2D eigenvalue weighted by Gasteiger charge is -1.99. The molecule has 0 saturated carbocycles. The van der Waals surface area contributed by atoms with Crippen LogP contribution in [0.4, 0.5) is 0 Å². The Labute approximate surface area is 76.2 Å². The van der Waals surface area contributed by atoms with Crippen molar-refractivity contribution in [3.05, 3.63) is 29.3 Å². The topological polar surface area (TPSA) is 17.1 Å². The van der Waals surface area contributed by atoms with Gasteiger partial charge < -0.3 is 4.79 Å². The van der Waals surface area contributed by atoms with Crippen molar-refractivity contribution < 1.29 is 4.79 Å². The van der Waals surface area contributed by atoms with E-state index in [4.69, 9.17) is 0 Å². The molecule has 0 saturated heterocycles. The zero-order valence-electron chi connectivity index (χ0n) is 6.75. The van der Waals surface area contributed by atoms with Gasteiger partial charge in [-0.2, -0.15) is 0 Å². The maximum Gasteiger partial charge on any atom is 0.124 e. The molecule has 0 radical (unpaired) electrons. The molecule has 1 aliphatic rings. The van der Waals surface area contributed by atoms with Gasteiger partial charge in [-0.25, -0.2) is 0 Å². The van der Waals surface area contributed by atoms with Crippen LogP contribution in [0.1, 0.15) is 11.1 Å². The van der Waals surface area contributed by atoms with E-state index in [0.717, 1.165) is 18.3 Å². The number of aryl methyl sites for hydroxylation is 1. The Morgan fingerprint density at radius 1 is 1.50 bits per heavy atom. The monoisotopic (exact) mass is 178 g/mol. The van der Waals surface area contributed by atoms with Crippen LogP contribution in [-0.4, -0.2) is 12.0 Å². The molecule has 0 aromatic heterocycles. The summed E-state index contributed by atoms with van der Waals surface area (Å²) in [6, 6.07) is 6.33. The largest absolute Gasteiger partial charge is 0.303 e. The van der Waals surface area contributed by atoms with Gasteiger partial charge in [0.2, 0.25) is 0 Å². The molecule has 1 aliphatic heterocycles. The average molecular weight is 178 g/mol. The molecule has 1 heterocycles. The third-order valence-corrected chi connectivity index (χ3v) is 3.19. The molecule has 1 nitrogen and oxygen atoms in total. The molecule has 0 aliphatic carbocycles. The summed E-state index contributed by atoms with van der Waals surface area (Å²) in [6.07, 6.45) is 2.68. The molecule has 1 aromatic carbocycles. The first kappa shape index (κ1) is 7.87. The van der Waals surface area contributed by atoms with Crippen LogP contribution >= 0.6 is 11.8 Å². The van der Waals surface area contributed by atoms with Crippen LogP contribution in [0.5, 0.6) is 0 Å². The van der Waals surface area contributed by atoms with Crippen molar-refractivity contribution in [2.45, 2.75) is 17.7 Å². The zero-order chi connectivity index (χ0) is 8.39. The van der Waals surface area contributed by atoms with Gasteiger partial charge in [-0.15, -0.1) is 11.8 Å². The molecule has 0 N–H and O–H groups in total. The van der Waals surface area contributed by atoms with E-state index in [1.54, 1.807) is 0 Å². The van der Waals surface area contributed by atoms with Crippen molar-refractivity contribution in [1.29, 1.82) is 0 Å². The number of hydrogen-bond donors (Lipinski definition) is 0. The van der Waals surface area contributed by atoms with Crippen molar-refractivity contribution in [2.24, 2.45) is 0 Å². The van der Waals surface area contributed by atoms with E-state index in [1.165, 1.54) is 16.2 Å². The van der Waals surface area contributed by atoms with E-state index in [0.29, 0.717) is 6.42 Å². The summed E-state index contributed by atoms with van der Waals surface area (Å²) < 4.78 is 0. The van der Waals surface area contributed by atoms with E-state index < -0.39 is 0 Å². The predicted molar refractivity (Wildman–Crippen MR) is 50.6 cm³/mol. The number of hydrogen-bond acceptors (Lipinski definition) is 2. The number of carbonyl (C=O) groups excluding carboxylic acids is 1. The van der Waals surface area contributed by atoms with Crippen LogP contribution in [0, 0.1) is 0 Å². The molecule has 0 amide bonds. The Morgan fingerprint density at radius 2 is 2.42 bits per heavy atom. The summed E-state index contributed by atoms with van der Waals surface area (Å²) in [5.74, 6) is 1.19. The fraction of sp³-hybridized carbons (Fsp3) is 0.300. The first-order chi connectivity index (χ1) is 5.90. The Kier molecular flexibility index (Phi) is 2.17. The first-order valence-corrected chi connectivity index (χ1v) is 5.07. The first-order valence-electron chi connectivity index (χ1n) is 4.08. The summed E-state index contributed by atoms with van der Waals surface area (Å²) in [4.78, 5) is 11.7. The Hall–Kier alpha value is -0.760. The number of aldehydes is 1. The van der Waals surface area contributed by atoms with E-state index in [-0.39, 0.29) is 0 Å². The van der Waals surface area contributed by atoms with Gasteiger partial charge >= 0.3 is 0 Å². The number of benzene rings is 1. The van der Waals surface area contributed by atoms with Gasteiger partial charge in [-0.05, 0) is 23.6 Å². The number of carbonyl (C=O) groups is 1. The highest BCUT2D eigenvalue weighted by Gasteiger charge is 2.10. The quantitative estimate of drug-likeness (QED) is 0.645. The van der Waals surface area contributed by atoms with Crippen molar-refractivity contribution in [1.82, 2.24) is 0 Å². The lowest BCUT2D eigenvalue weighted by atomic mass is 10.1. The normalized spacial score (nSPS) is 14.3. The molecule has 2 rings (SSSR count). The van der Waals surface area contributed by atoms with Gasteiger partial charge in [-0.3, -0.25) is 0 Å². The molecule has 0 atom stereocenters. The second-order valence-corrected chi connectivity index (χ2v) is 4.05. The highest BCUT2D eigenvalue weighted by Crippen LogP contribution is 2.31. The second kappa shape index (κ2) is 3.31. The van der Waals surface area contributed by atoms with Crippen molar-refractivity contribution in [2.75, 3.05) is 5.75 Å². The Morgan fingerprint density at radius 3 is 3.25 bits per heavy atom. The van der Waals surface area contributed by atoms with Gasteiger partial charge in [0.05, 0.1) is 0 Å². The van der Waals surface area contributed by atoms with E-state index in [1.807, 2.05) is 17.8 Å². The fourth-order valence-corrected chi connectivity index (χ4v) is 2.52. The fourth-order valence-electron chi connectivity index (χ4n) is 1.46. The van der Waals surface area contributed by atoms with Crippen molar-refractivity contribution >= 4 is 18.0 Å². The Bertz CT molecular complexity index is 307. The summed E-state index contributed by atoms with van der Waals surface area (Å²) in [7, 11) is 0. The predicted octanol–water partition coefficient (Wildman–Crippen LogP) is 2.08. The molecule has 0 fully saturated rings. The summed E-state index contributed by atoms with van der Waals surface area (Å²) in [5.41, 5.74) is 2.56. The highest BCUT2D eigenvalue weighted by molar-refractivity contribution is 7.99. The molecule has 2 heteroatoms. The third-order valence-electron chi connectivity index (χ3n) is 2.07. The van der Waals surface area contributed by atoms with Gasteiger partial charge in [-0.1, -0.05) is 12.1 Å². The van der Waals surface area contributed by atoms with Crippen molar-refractivity contribution in [3.8, 4) is 0 Å². The van der Waals surface area contributed by atoms with Crippen LogP contribution in [0.15, 0.2) is 23.1 Å². The molecule has 0 spiro atoms. The van der Waals surface area contributed by atoms with E-state index in [2.05, 4.69) is 12.1 Å². The maximum atomic E-state index is 10.3. The van der Waals surface area contributed by atoms with Crippen LogP contribution in [0.3, 0.4) is 0 Å². The average Bonchev–Trinajstić information content (AvgIpc) is 2.51. The molecular weight excluding hydrogens is 168 g/mol. The minimum atomic E-state index is 0.554. The van der Waals surface area contributed by atoms with Gasteiger partial charge in [0.15, 0.2) is 0 Å². The minimum absolute atomic E-state index is 0.554. The smallest absolute Gasteiger partial charge is 0.124 e. The summed E-state index contributed by atoms with van der Waals surface area (Å²) in [6.45, 7) is 0. The summed E-state index contributed by atoms with van der Waals surface area (Å²) in [5, 5.41) is 0. The molecule has 62 valence electrons. The number of rotatable bonds is 2. The van der Waals surface area contributed by atoms with Gasteiger partial charge in [0.25, 0.3) is 0 Å². The van der Waals surface area contributed by atoms with Gasteiger partial charge in [0.1, 0.15) is 6.29 Å². The Balaban J connectivity index is 2.32. The molecule has 1 aromatic rings. The molecule has 0 unspecified atom stereocenters. The standard InChI is InChI=1S/C10H10OS/c11-5-3-8-1-2-10-9(7-8)4-6-12-10/h1-2,5,7H,3-4,6H2. The second-order valence-electron chi connectivity index (χ2n) is 2.91. The minimum Gasteiger partial charge on any atom is -0.303 e. The summed E-state index contributed by atoms with van der Waals surface area (Å²) >= 11 is 1.91. The van der Waals surface area contributed by atoms with Crippen LogP contribution in [0.2, 0.25) is 0 Å². The number of thioether (sulfide) groups is 1. The van der Waals surface area contributed by atoms with Crippen LogP contribution < -0.4 is 0 Å². The lowest BCUT2D eigenvalue weighted by Crippen LogP contribution is -1.88. The highest BCUT2D eigenvalue weighted by atomic mass is 32.2. The molecule has 12 heavy (non-hydrogen) atoms.